The summed E-state index contributed by atoms with van der Waals surface area (Å²) in [5.74, 6) is -3.48. The summed E-state index contributed by atoms with van der Waals surface area (Å²) < 4.78 is 52.1. The topological polar surface area (TPSA) is 83.5 Å². The van der Waals surface area contributed by atoms with Gasteiger partial charge >= 0.3 is 5.97 Å². The predicted octanol–water partition coefficient (Wildman–Crippen LogP) is 2.53. The minimum atomic E-state index is -4.34. The Morgan fingerprint density at radius 2 is 1.95 bits per heavy atom. The minimum Gasteiger partial charge on any atom is -0.477 e. The Kier molecular flexibility index (Phi) is 3.73. The molecule has 0 amide bonds. The number of anilines is 1. The van der Waals surface area contributed by atoms with Crippen LogP contribution in [0.3, 0.4) is 0 Å². The Bertz CT molecular complexity index is 770. The van der Waals surface area contributed by atoms with Crippen molar-refractivity contribution in [3.05, 3.63) is 46.2 Å². The Hall–Kier alpha value is -2.00. The predicted molar refractivity (Wildman–Crippen MR) is 68.4 cm³/mol. The molecule has 0 atom stereocenters. The SMILES string of the molecule is O=C(O)c1sccc1NS(=O)(=O)c1ccc(F)cc1F. The fourth-order valence-corrected chi connectivity index (χ4v) is 3.33. The van der Waals surface area contributed by atoms with Crippen molar-refractivity contribution < 1.29 is 27.1 Å². The number of hydrogen-bond acceptors (Lipinski definition) is 4. The molecule has 9 heteroatoms. The standard InChI is InChI=1S/C11H7F2NO4S2/c12-6-1-2-9(7(13)5-6)20(17,18)14-8-3-4-19-10(8)11(15)16/h1-5,14H,(H,15,16). The summed E-state index contributed by atoms with van der Waals surface area (Å²) in [6, 6.07) is 3.23. The second-order valence-electron chi connectivity index (χ2n) is 3.65. The van der Waals surface area contributed by atoms with Crippen LogP contribution in [0.2, 0.25) is 0 Å². The summed E-state index contributed by atoms with van der Waals surface area (Å²) in [6.45, 7) is 0. The zero-order chi connectivity index (χ0) is 14.9. The first-order chi connectivity index (χ1) is 9.31. The van der Waals surface area contributed by atoms with Crippen LogP contribution in [0.5, 0.6) is 0 Å². The van der Waals surface area contributed by atoms with Gasteiger partial charge in [0.1, 0.15) is 21.4 Å². The van der Waals surface area contributed by atoms with Gasteiger partial charge < -0.3 is 5.11 Å². The molecule has 1 aromatic carbocycles. The quantitative estimate of drug-likeness (QED) is 0.907. The summed E-state index contributed by atoms with van der Waals surface area (Å²) in [7, 11) is -4.34. The molecule has 0 unspecified atom stereocenters. The zero-order valence-corrected chi connectivity index (χ0v) is 11.3. The number of nitrogens with one attached hydrogen (secondary N) is 1. The molecule has 106 valence electrons. The third-order valence-electron chi connectivity index (χ3n) is 2.29. The van der Waals surface area contributed by atoms with E-state index in [1.807, 2.05) is 4.72 Å². The van der Waals surface area contributed by atoms with Gasteiger partial charge in [0.2, 0.25) is 0 Å². The van der Waals surface area contributed by atoms with Crippen LogP contribution in [-0.4, -0.2) is 19.5 Å². The number of rotatable bonds is 4. The van der Waals surface area contributed by atoms with Gasteiger partial charge in [-0.15, -0.1) is 11.3 Å². The van der Waals surface area contributed by atoms with E-state index in [9.17, 15) is 22.0 Å². The second kappa shape index (κ2) is 5.17. The third kappa shape index (κ3) is 2.78. The van der Waals surface area contributed by atoms with Gasteiger partial charge in [0.25, 0.3) is 10.0 Å². The van der Waals surface area contributed by atoms with Crippen LogP contribution < -0.4 is 4.72 Å². The van der Waals surface area contributed by atoms with Crippen molar-refractivity contribution in [1.82, 2.24) is 0 Å². The van der Waals surface area contributed by atoms with Gasteiger partial charge in [-0.05, 0) is 23.6 Å². The van der Waals surface area contributed by atoms with Crippen molar-refractivity contribution >= 4 is 33.0 Å². The van der Waals surface area contributed by atoms with E-state index in [1.165, 1.54) is 11.4 Å². The van der Waals surface area contributed by atoms with Crippen molar-refractivity contribution in [2.24, 2.45) is 0 Å². The number of thiophene rings is 1. The summed E-state index contributed by atoms with van der Waals surface area (Å²) in [5.41, 5.74) is -0.175. The number of hydrogen-bond donors (Lipinski definition) is 2. The van der Waals surface area contributed by atoms with Crippen LogP contribution in [0.15, 0.2) is 34.5 Å². The molecule has 20 heavy (non-hydrogen) atoms. The van der Waals surface area contributed by atoms with Gasteiger partial charge in [-0.25, -0.2) is 22.0 Å². The van der Waals surface area contributed by atoms with E-state index >= 15 is 0 Å². The summed E-state index contributed by atoms with van der Waals surface area (Å²) in [6.07, 6.45) is 0. The molecular formula is C11H7F2NO4S2. The maximum atomic E-state index is 13.5. The lowest BCUT2D eigenvalue weighted by atomic mass is 10.3. The highest BCUT2D eigenvalue weighted by molar-refractivity contribution is 7.92. The highest BCUT2D eigenvalue weighted by Crippen LogP contribution is 2.26. The molecule has 2 rings (SSSR count). The molecule has 2 aromatic rings. The van der Waals surface area contributed by atoms with Crippen molar-refractivity contribution in [2.45, 2.75) is 4.90 Å². The number of carboxylic acids is 1. The third-order valence-corrected chi connectivity index (χ3v) is 4.59. The summed E-state index contributed by atoms with van der Waals surface area (Å²) >= 11 is 0.820. The molecule has 0 aliphatic heterocycles. The van der Waals surface area contributed by atoms with Crippen LogP contribution >= 0.6 is 11.3 Å². The zero-order valence-electron chi connectivity index (χ0n) is 9.63. The molecule has 0 aliphatic carbocycles. The fourth-order valence-electron chi connectivity index (χ4n) is 1.45. The molecule has 1 heterocycles. The number of aromatic carboxylic acids is 1. The average molecular weight is 319 g/mol. The summed E-state index contributed by atoms with van der Waals surface area (Å²) in [5, 5.41) is 10.2. The van der Waals surface area contributed by atoms with Gasteiger partial charge in [0, 0.05) is 6.07 Å². The van der Waals surface area contributed by atoms with Gasteiger partial charge in [0.15, 0.2) is 0 Å². The van der Waals surface area contributed by atoms with Crippen LogP contribution in [0.1, 0.15) is 9.67 Å². The van der Waals surface area contributed by atoms with E-state index < -0.39 is 32.5 Å². The maximum Gasteiger partial charge on any atom is 0.348 e. The number of benzene rings is 1. The minimum absolute atomic E-state index is 0.175. The van der Waals surface area contributed by atoms with Crippen molar-refractivity contribution in [1.29, 1.82) is 0 Å². The molecule has 5 nitrogen and oxygen atoms in total. The lowest BCUT2D eigenvalue weighted by Crippen LogP contribution is -2.16. The van der Waals surface area contributed by atoms with Gasteiger partial charge in [0.05, 0.1) is 5.69 Å². The molecule has 2 N–H and O–H groups in total. The maximum absolute atomic E-state index is 13.5. The molecule has 0 saturated carbocycles. The smallest absolute Gasteiger partial charge is 0.348 e. The molecule has 0 fully saturated rings. The van der Waals surface area contributed by atoms with E-state index in [0.717, 1.165) is 23.5 Å². The first-order valence-electron chi connectivity index (χ1n) is 5.10. The number of sulfonamides is 1. The first-order valence-corrected chi connectivity index (χ1v) is 7.46. The first kappa shape index (κ1) is 14.4. The van der Waals surface area contributed by atoms with Crippen LogP contribution in [0, 0.1) is 11.6 Å². The van der Waals surface area contributed by atoms with Gasteiger partial charge in [-0.2, -0.15) is 0 Å². The molecule has 0 aliphatic rings. The van der Waals surface area contributed by atoms with Crippen LogP contribution in [0.4, 0.5) is 14.5 Å². The van der Waals surface area contributed by atoms with E-state index in [4.69, 9.17) is 5.11 Å². The fraction of sp³-hybridized carbons (Fsp3) is 0. The normalized spacial score (nSPS) is 11.3. The van der Waals surface area contributed by atoms with Crippen molar-refractivity contribution in [3.8, 4) is 0 Å². The highest BCUT2D eigenvalue weighted by Gasteiger charge is 2.22. The molecular weight excluding hydrogens is 312 g/mol. The van der Waals surface area contributed by atoms with E-state index in [1.54, 1.807) is 0 Å². The molecule has 0 radical (unpaired) electrons. The number of halogens is 2. The average Bonchev–Trinajstić information content (AvgIpc) is 2.75. The lowest BCUT2D eigenvalue weighted by Gasteiger charge is -2.08. The second-order valence-corrected chi connectivity index (χ2v) is 6.22. The van der Waals surface area contributed by atoms with Gasteiger partial charge in [-0.1, -0.05) is 0 Å². The number of carboxylic acid groups (broad SMARTS) is 1. The van der Waals surface area contributed by atoms with Crippen molar-refractivity contribution in [3.63, 3.8) is 0 Å². The Balaban J connectivity index is 2.41. The molecule has 0 bridgehead atoms. The monoisotopic (exact) mass is 319 g/mol. The van der Waals surface area contributed by atoms with E-state index in [0.29, 0.717) is 6.07 Å². The van der Waals surface area contributed by atoms with Crippen LogP contribution in [-0.2, 0) is 10.0 Å². The number of carbonyl (C=O) groups is 1. The Morgan fingerprint density at radius 1 is 1.25 bits per heavy atom. The Morgan fingerprint density at radius 3 is 2.55 bits per heavy atom. The van der Waals surface area contributed by atoms with Crippen LogP contribution in [0.25, 0.3) is 0 Å². The highest BCUT2D eigenvalue weighted by atomic mass is 32.2. The molecule has 1 aromatic heterocycles. The van der Waals surface area contributed by atoms with Crippen molar-refractivity contribution in [2.75, 3.05) is 4.72 Å². The largest absolute Gasteiger partial charge is 0.477 e. The Labute approximate surface area is 116 Å². The van der Waals surface area contributed by atoms with E-state index in [2.05, 4.69) is 0 Å². The summed E-state index contributed by atoms with van der Waals surface area (Å²) in [4.78, 5) is 9.88. The van der Waals surface area contributed by atoms with Gasteiger partial charge in [-0.3, -0.25) is 4.72 Å². The molecule has 0 spiro atoms. The van der Waals surface area contributed by atoms with E-state index in [-0.39, 0.29) is 10.6 Å². The lowest BCUT2D eigenvalue weighted by molar-refractivity contribution is 0.0703. The molecule has 0 saturated heterocycles.